The third-order valence-corrected chi connectivity index (χ3v) is 5.01. The summed E-state index contributed by atoms with van der Waals surface area (Å²) in [5, 5.41) is 10.5. The normalized spacial score (nSPS) is 10.5. The van der Waals surface area contributed by atoms with Crippen molar-refractivity contribution in [3.8, 4) is 5.75 Å². The van der Waals surface area contributed by atoms with Crippen molar-refractivity contribution in [2.75, 3.05) is 7.11 Å². The van der Waals surface area contributed by atoms with Crippen molar-refractivity contribution in [1.29, 1.82) is 0 Å². The highest BCUT2D eigenvalue weighted by atomic mass is 79.9. The molecule has 0 atom stereocenters. The number of thioether (sulfide) groups is 1. The molecule has 0 saturated carbocycles. The summed E-state index contributed by atoms with van der Waals surface area (Å²) in [6.07, 6.45) is 0. The van der Waals surface area contributed by atoms with Gasteiger partial charge in [0.2, 0.25) is 5.16 Å². The first kappa shape index (κ1) is 18.5. The largest absolute Gasteiger partial charge is 0.497 e. The highest BCUT2D eigenvalue weighted by Gasteiger charge is 2.08. The fourth-order valence-corrected chi connectivity index (χ4v) is 3.20. The maximum Gasteiger partial charge on any atom is 0.251 e. The van der Waals surface area contributed by atoms with Crippen LogP contribution in [-0.2, 0) is 12.3 Å². The molecule has 0 unspecified atom stereocenters. The Morgan fingerprint density at radius 3 is 2.62 bits per heavy atom. The van der Waals surface area contributed by atoms with Crippen LogP contribution in [0.4, 0.5) is 0 Å². The van der Waals surface area contributed by atoms with Crippen molar-refractivity contribution in [2.45, 2.75) is 17.5 Å². The molecular formula is C18H17BrN4O2S. The molecule has 2 aromatic carbocycles. The summed E-state index contributed by atoms with van der Waals surface area (Å²) in [6, 6.07) is 15.1. The SMILES string of the molecule is COc1ccc(C(=O)NCc2nc(SCc3ccc(Br)cc3)n[nH]2)cc1. The maximum absolute atomic E-state index is 12.1. The van der Waals surface area contributed by atoms with Crippen molar-refractivity contribution in [3.05, 3.63) is 70.0 Å². The Labute approximate surface area is 163 Å². The number of aromatic nitrogens is 3. The van der Waals surface area contributed by atoms with E-state index in [0.717, 1.165) is 10.2 Å². The molecule has 0 aliphatic carbocycles. The average molecular weight is 433 g/mol. The zero-order chi connectivity index (χ0) is 18.4. The Hall–Kier alpha value is -2.32. The Kier molecular flexibility index (Phi) is 6.30. The van der Waals surface area contributed by atoms with E-state index in [1.165, 1.54) is 17.3 Å². The van der Waals surface area contributed by atoms with Crippen molar-refractivity contribution in [1.82, 2.24) is 20.5 Å². The van der Waals surface area contributed by atoms with Gasteiger partial charge < -0.3 is 10.1 Å². The number of hydrogen-bond donors (Lipinski definition) is 2. The van der Waals surface area contributed by atoms with Gasteiger partial charge in [-0.25, -0.2) is 4.98 Å². The lowest BCUT2D eigenvalue weighted by atomic mass is 10.2. The number of hydrogen-bond acceptors (Lipinski definition) is 5. The molecule has 6 nitrogen and oxygen atoms in total. The van der Waals surface area contributed by atoms with Gasteiger partial charge in [0.05, 0.1) is 13.7 Å². The number of H-pyrrole nitrogens is 1. The van der Waals surface area contributed by atoms with Gasteiger partial charge in [0.1, 0.15) is 11.6 Å². The first-order valence-electron chi connectivity index (χ1n) is 7.85. The summed E-state index contributed by atoms with van der Waals surface area (Å²) in [5.74, 6) is 1.94. The second-order valence-corrected chi connectivity index (χ2v) is 7.25. The molecule has 1 amide bonds. The van der Waals surface area contributed by atoms with Crippen molar-refractivity contribution < 1.29 is 9.53 Å². The van der Waals surface area contributed by atoms with Gasteiger partial charge in [-0.15, -0.1) is 5.10 Å². The number of carbonyl (C=O) groups excluding carboxylic acids is 1. The van der Waals surface area contributed by atoms with Crippen molar-refractivity contribution in [2.24, 2.45) is 0 Å². The Balaban J connectivity index is 1.49. The predicted octanol–water partition coefficient (Wildman–Crippen LogP) is 3.80. The van der Waals surface area contributed by atoms with E-state index < -0.39 is 0 Å². The van der Waals surface area contributed by atoms with Crippen LogP contribution in [0.1, 0.15) is 21.7 Å². The smallest absolute Gasteiger partial charge is 0.251 e. The van der Waals surface area contributed by atoms with Gasteiger partial charge >= 0.3 is 0 Å². The number of nitrogens with zero attached hydrogens (tertiary/aromatic N) is 2. The van der Waals surface area contributed by atoms with E-state index in [1.54, 1.807) is 31.4 Å². The molecule has 2 N–H and O–H groups in total. The minimum Gasteiger partial charge on any atom is -0.497 e. The summed E-state index contributed by atoms with van der Waals surface area (Å²) in [7, 11) is 1.59. The lowest BCUT2D eigenvalue weighted by Crippen LogP contribution is -2.23. The number of amides is 1. The van der Waals surface area contributed by atoms with Gasteiger partial charge in [0.25, 0.3) is 5.91 Å². The van der Waals surface area contributed by atoms with Gasteiger partial charge in [-0.3, -0.25) is 9.89 Å². The molecular weight excluding hydrogens is 416 g/mol. The quantitative estimate of drug-likeness (QED) is 0.555. The first-order valence-corrected chi connectivity index (χ1v) is 9.62. The standard InChI is InChI=1S/C18H17BrN4O2S/c1-25-15-8-4-13(5-9-15)17(24)20-10-16-21-18(23-22-16)26-11-12-2-6-14(19)7-3-12/h2-9H,10-11H2,1H3,(H,20,24)(H,21,22,23). The van der Waals surface area contributed by atoms with Crippen molar-refractivity contribution >= 4 is 33.6 Å². The van der Waals surface area contributed by atoms with E-state index in [0.29, 0.717) is 22.3 Å². The summed E-state index contributed by atoms with van der Waals surface area (Å²) >= 11 is 4.96. The number of aromatic amines is 1. The van der Waals surface area contributed by atoms with Gasteiger partial charge in [-0.05, 0) is 42.0 Å². The number of ether oxygens (including phenoxy) is 1. The fourth-order valence-electron chi connectivity index (χ4n) is 2.16. The highest BCUT2D eigenvalue weighted by Crippen LogP contribution is 2.20. The Bertz CT molecular complexity index is 866. The van der Waals surface area contributed by atoms with Crippen LogP contribution in [0.2, 0.25) is 0 Å². The highest BCUT2D eigenvalue weighted by molar-refractivity contribution is 9.10. The van der Waals surface area contributed by atoms with Crippen LogP contribution in [0.3, 0.4) is 0 Å². The van der Waals surface area contributed by atoms with Gasteiger partial charge in [-0.1, -0.05) is 39.8 Å². The zero-order valence-electron chi connectivity index (χ0n) is 14.0. The molecule has 26 heavy (non-hydrogen) atoms. The van der Waals surface area contributed by atoms with Crippen LogP contribution >= 0.6 is 27.7 Å². The summed E-state index contributed by atoms with van der Waals surface area (Å²) in [6.45, 7) is 0.288. The van der Waals surface area contributed by atoms with Gasteiger partial charge in [0.15, 0.2) is 0 Å². The van der Waals surface area contributed by atoms with Crippen LogP contribution in [0.25, 0.3) is 0 Å². The zero-order valence-corrected chi connectivity index (χ0v) is 16.4. The molecule has 0 aliphatic heterocycles. The monoisotopic (exact) mass is 432 g/mol. The summed E-state index contributed by atoms with van der Waals surface area (Å²) in [5.41, 5.74) is 1.76. The van der Waals surface area contributed by atoms with Crippen LogP contribution in [0.15, 0.2) is 58.2 Å². The molecule has 0 aliphatic rings. The third kappa shape index (κ3) is 5.09. The molecule has 0 saturated heterocycles. The van der Waals surface area contributed by atoms with E-state index in [2.05, 4.69) is 48.6 Å². The van der Waals surface area contributed by atoms with E-state index in [-0.39, 0.29) is 12.5 Å². The lowest BCUT2D eigenvalue weighted by molar-refractivity contribution is 0.0950. The molecule has 1 aromatic heterocycles. The molecule has 3 aromatic rings. The third-order valence-electron chi connectivity index (χ3n) is 3.56. The number of nitrogens with one attached hydrogen (secondary N) is 2. The molecule has 0 bridgehead atoms. The minimum atomic E-state index is -0.173. The van der Waals surface area contributed by atoms with Crippen LogP contribution in [0, 0.1) is 0 Å². The topological polar surface area (TPSA) is 79.9 Å². The molecule has 134 valence electrons. The van der Waals surface area contributed by atoms with Gasteiger partial charge in [-0.2, -0.15) is 0 Å². The van der Waals surface area contributed by atoms with Crippen LogP contribution < -0.4 is 10.1 Å². The molecule has 0 radical (unpaired) electrons. The number of carbonyl (C=O) groups is 1. The molecule has 0 fully saturated rings. The summed E-state index contributed by atoms with van der Waals surface area (Å²) in [4.78, 5) is 16.5. The Morgan fingerprint density at radius 1 is 1.19 bits per heavy atom. The number of benzene rings is 2. The molecule has 3 rings (SSSR count). The minimum absolute atomic E-state index is 0.173. The predicted molar refractivity (Wildman–Crippen MR) is 104 cm³/mol. The maximum atomic E-state index is 12.1. The first-order chi connectivity index (χ1) is 12.6. The van der Waals surface area contributed by atoms with E-state index in [1.807, 2.05) is 12.1 Å². The van der Waals surface area contributed by atoms with E-state index in [9.17, 15) is 4.79 Å². The summed E-state index contributed by atoms with van der Waals surface area (Å²) < 4.78 is 6.14. The number of methoxy groups -OCH3 is 1. The van der Waals surface area contributed by atoms with Crippen LogP contribution in [0.5, 0.6) is 5.75 Å². The van der Waals surface area contributed by atoms with Gasteiger partial charge in [0, 0.05) is 15.8 Å². The number of halogens is 1. The average Bonchev–Trinajstić information content (AvgIpc) is 3.13. The fraction of sp³-hybridized carbons (Fsp3) is 0.167. The second kappa shape index (κ2) is 8.86. The van der Waals surface area contributed by atoms with E-state index >= 15 is 0 Å². The van der Waals surface area contributed by atoms with E-state index in [4.69, 9.17) is 4.74 Å². The van der Waals surface area contributed by atoms with Crippen molar-refractivity contribution in [3.63, 3.8) is 0 Å². The van der Waals surface area contributed by atoms with Crippen LogP contribution in [-0.4, -0.2) is 28.2 Å². The second-order valence-electron chi connectivity index (χ2n) is 5.39. The lowest BCUT2D eigenvalue weighted by Gasteiger charge is -2.04. The molecule has 1 heterocycles. The Morgan fingerprint density at radius 2 is 1.92 bits per heavy atom. The molecule has 8 heteroatoms. The molecule has 0 spiro atoms. The number of rotatable bonds is 7.